The first kappa shape index (κ1) is 12.0. The summed E-state index contributed by atoms with van der Waals surface area (Å²) in [5.74, 6) is -2.12. The number of carbonyl (C=O) groups is 1. The van der Waals surface area contributed by atoms with Crippen LogP contribution < -0.4 is 4.74 Å². The van der Waals surface area contributed by atoms with Crippen molar-refractivity contribution in [2.75, 3.05) is 0 Å². The third-order valence-electron chi connectivity index (χ3n) is 1.77. The molecule has 1 aromatic carbocycles. The van der Waals surface area contributed by atoms with E-state index < -0.39 is 35.1 Å². The van der Waals surface area contributed by atoms with Crippen LogP contribution in [0.4, 0.5) is 13.2 Å². The van der Waals surface area contributed by atoms with E-state index in [0.29, 0.717) is 0 Å². The lowest BCUT2D eigenvalue weighted by Crippen LogP contribution is -2.06. The Morgan fingerprint density at radius 3 is 2.56 bits per heavy atom. The van der Waals surface area contributed by atoms with Gasteiger partial charge in [-0.15, -0.1) is 0 Å². The molecular formula is C10H6F3NO2. The Kier molecular flexibility index (Phi) is 3.51. The molecule has 0 heterocycles. The quantitative estimate of drug-likeness (QED) is 0.748. The van der Waals surface area contributed by atoms with Crippen LogP contribution in [0.25, 0.3) is 0 Å². The van der Waals surface area contributed by atoms with E-state index >= 15 is 0 Å². The van der Waals surface area contributed by atoms with Crippen LogP contribution in [0.15, 0.2) is 12.1 Å². The van der Waals surface area contributed by atoms with E-state index in [-0.39, 0.29) is 0 Å². The van der Waals surface area contributed by atoms with Gasteiger partial charge in [-0.05, 0) is 13.0 Å². The minimum absolute atomic E-state index is 0.418. The van der Waals surface area contributed by atoms with Crippen molar-refractivity contribution in [3.8, 4) is 11.8 Å². The van der Waals surface area contributed by atoms with Crippen molar-refractivity contribution < 1.29 is 22.7 Å². The van der Waals surface area contributed by atoms with Crippen LogP contribution >= 0.6 is 0 Å². The van der Waals surface area contributed by atoms with Crippen molar-refractivity contribution in [2.45, 2.75) is 13.5 Å². The summed E-state index contributed by atoms with van der Waals surface area (Å²) in [6.45, 7) is -2.04. The number of ketones is 1. The van der Waals surface area contributed by atoms with Gasteiger partial charge in [-0.2, -0.15) is 14.0 Å². The minimum atomic E-state index is -3.10. The number of Topliss-reactive ketones (excluding diaryl/α,β-unsaturated/α-hetero) is 1. The zero-order valence-electron chi connectivity index (χ0n) is 8.13. The van der Waals surface area contributed by atoms with Crippen LogP contribution in [0.5, 0.6) is 5.75 Å². The molecule has 16 heavy (non-hydrogen) atoms. The van der Waals surface area contributed by atoms with E-state index in [1.165, 1.54) is 6.07 Å². The second kappa shape index (κ2) is 4.66. The maximum atomic E-state index is 13.4. The molecule has 0 saturated heterocycles. The smallest absolute Gasteiger partial charge is 0.387 e. The van der Waals surface area contributed by atoms with E-state index in [1.807, 2.05) is 0 Å². The molecule has 0 atom stereocenters. The first-order valence-electron chi connectivity index (χ1n) is 4.15. The van der Waals surface area contributed by atoms with Gasteiger partial charge >= 0.3 is 6.61 Å². The highest BCUT2D eigenvalue weighted by atomic mass is 19.3. The van der Waals surface area contributed by atoms with Crippen molar-refractivity contribution in [3.63, 3.8) is 0 Å². The molecule has 3 nitrogen and oxygen atoms in total. The van der Waals surface area contributed by atoms with Gasteiger partial charge in [-0.25, -0.2) is 4.39 Å². The molecule has 0 bridgehead atoms. The van der Waals surface area contributed by atoms with Crippen LogP contribution in [0.3, 0.4) is 0 Å². The molecule has 6 heteroatoms. The van der Waals surface area contributed by atoms with Gasteiger partial charge in [0.15, 0.2) is 11.6 Å². The molecule has 0 aliphatic rings. The molecule has 0 unspecified atom stereocenters. The first-order valence-corrected chi connectivity index (χ1v) is 4.15. The largest absolute Gasteiger partial charge is 0.435 e. The number of hydrogen-bond acceptors (Lipinski definition) is 3. The van der Waals surface area contributed by atoms with Crippen LogP contribution in [-0.4, -0.2) is 12.4 Å². The first-order chi connectivity index (χ1) is 7.45. The molecule has 0 amide bonds. The molecule has 1 aromatic rings. The standard InChI is InChI=1S/C10H6F3NO2/c1-5(15)8-3-7(16-10(12)13)2-6(4-14)9(8)11/h2-3,10H,1H3. The normalized spacial score (nSPS) is 10.0. The highest BCUT2D eigenvalue weighted by Crippen LogP contribution is 2.23. The van der Waals surface area contributed by atoms with Crippen LogP contribution in [-0.2, 0) is 0 Å². The number of halogens is 3. The lowest BCUT2D eigenvalue weighted by molar-refractivity contribution is -0.0499. The van der Waals surface area contributed by atoms with Crippen LogP contribution in [0.2, 0.25) is 0 Å². The van der Waals surface area contributed by atoms with Gasteiger partial charge in [-0.3, -0.25) is 4.79 Å². The Labute approximate surface area is 89.1 Å². The number of nitriles is 1. The lowest BCUT2D eigenvalue weighted by Gasteiger charge is -2.07. The zero-order chi connectivity index (χ0) is 12.3. The van der Waals surface area contributed by atoms with E-state index in [0.717, 1.165) is 19.1 Å². The van der Waals surface area contributed by atoms with Gasteiger partial charge in [0.1, 0.15) is 11.8 Å². The zero-order valence-corrected chi connectivity index (χ0v) is 8.13. The topological polar surface area (TPSA) is 50.1 Å². The summed E-state index contributed by atoms with van der Waals surface area (Å²) in [4.78, 5) is 11.0. The number of hydrogen-bond donors (Lipinski definition) is 0. The third-order valence-corrected chi connectivity index (χ3v) is 1.77. The van der Waals surface area contributed by atoms with Crippen molar-refractivity contribution in [2.24, 2.45) is 0 Å². The van der Waals surface area contributed by atoms with Crippen LogP contribution in [0, 0.1) is 17.1 Å². The summed E-state index contributed by atoms with van der Waals surface area (Å²) in [7, 11) is 0. The summed E-state index contributed by atoms with van der Waals surface area (Å²) >= 11 is 0. The van der Waals surface area contributed by atoms with Gasteiger partial charge in [-0.1, -0.05) is 0 Å². The summed E-state index contributed by atoms with van der Waals surface area (Å²) in [6.07, 6.45) is 0. The number of alkyl halides is 2. The SMILES string of the molecule is CC(=O)c1cc(OC(F)F)cc(C#N)c1F. The number of carbonyl (C=O) groups excluding carboxylic acids is 1. The Morgan fingerprint density at radius 2 is 2.12 bits per heavy atom. The fourth-order valence-electron chi connectivity index (χ4n) is 1.11. The minimum Gasteiger partial charge on any atom is -0.435 e. The maximum Gasteiger partial charge on any atom is 0.387 e. The average molecular weight is 229 g/mol. The third kappa shape index (κ3) is 2.51. The Bertz CT molecular complexity index is 466. The molecule has 0 aromatic heterocycles. The number of rotatable bonds is 3. The van der Waals surface area contributed by atoms with Gasteiger partial charge in [0.25, 0.3) is 0 Å². The van der Waals surface area contributed by atoms with Crippen molar-refractivity contribution in [1.82, 2.24) is 0 Å². The monoisotopic (exact) mass is 229 g/mol. The number of benzene rings is 1. The molecule has 0 aliphatic heterocycles. The van der Waals surface area contributed by atoms with Gasteiger partial charge < -0.3 is 4.74 Å². The Hall–Kier alpha value is -2.03. The highest BCUT2D eigenvalue weighted by Gasteiger charge is 2.16. The van der Waals surface area contributed by atoms with Crippen molar-refractivity contribution in [1.29, 1.82) is 5.26 Å². The predicted molar refractivity (Wildman–Crippen MR) is 47.8 cm³/mol. The molecule has 84 valence electrons. The van der Waals surface area contributed by atoms with Crippen LogP contribution in [0.1, 0.15) is 22.8 Å². The molecule has 0 aliphatic carbocycles. The molecule has 0 saturated carbocycles. The molecule has 1 rings (SSSR count). The predicted octanol–water partition coefficient (Wildman–Crippen LogP) is 2.50. The van der Waals surface area contributed by atoms with E-state index in [1.54, 1.807) is 0 Å². The highest BCUT2D eigenvalue weighted by molar-refractivity contribution is 5.95. The molecule has 0 N–H and O–H groups in total. The Morgan fingerprint density at radius 1 is 1.50 bits per heavy atom. The summed E-state index contributed by atoms with van der Waals surface area (Å²) in [5.41, 5.74) is -0.960. The molecular weight excluding hydrogens is 223 g/mol. The summed E-state index contributed by atoms with van der Waals surface area (Å²) in [6, 6.07) is 3.10. The summed E-state index contributed by atoms with van der Waals surface area (Å²) in [5, 5.41) is 8.54. The summed E-state index contributed by atoms with van der Waals surface area (Å²) < 4.78 is 41.2. The van der Waals surface area contributed by atoms with Gasteiger partial charge in [0.05, 0.1) is 11.1 Å². The van der Waals surface area contributed by atoms with E-state index in [2.05, 4.69) is 4.74 Å². The van der Waals surface area contributed by atoms with Gasteiger partial charge in [0.2, 0.25) is 0 Å². The second-order valence-corrected chi connectivity index (χ2v) is 2.88. The van der Waals surface area contributed by atoms with Crippen molar-refractivity contribution >= 4 is 5.78 Å². The molecule has 0 fully saturated rings. The molecule has 0 spiro atoms. The fraction of sp³-hybridized carbons (Fsp3) is 0.200. The second-order valence-electron chi connectivity index (χ2n) is 2.88. The average Bonchev–Trinajstić information content (AvgIpc) is 2.19. The fourth-order valence-corrected chi connectivity index (χ4v) is 1.11. The van der Waals surface area contributed by atoms with E-state index in [4.69, 9.17) is 5.26 Å². The van der Waals surface area contributed by atoms with Gasteiger partial charge in [0, 0.05) is 6.07 Å². The lowest BCUT2D eigenvalue weighted by atomic mass is 10.1. The maximum absolute atomic E-state index is 13.4. The van der Waals surface area contributed by atoms with Crippen molar-refractivity contribution in [3.05, 3.63) is 29.1 Å². The number of ether oxygens (including phenoxy) is 1. The molecule has 0 radical (unpaired) electrons. The Balaban J connectivity index is 3.30. The van der Waals surface area contributed by atoms with E-state index in [9.17, 15) is 18.0 Å². The number of nitrogens with zero attached hydrogens (tertiary/aromatic N) is 1.